The lowest BCUT2D eigenvalue weighted by Crippen LogP contribution is -2.39. The third-order valence-corrected chi connectivity index (χ3v) is 7.30. The highest BCUT2D eigenvalue weighted by Crippen LogP contribution is 2.53. The van der Waals surface area contributed by atoms with E-state index in [4.69, 9.17) is 0 Å². The number of nitrogens with zero attached hydrogens (tertiary/aromatic N) is 1. The molecule has 0 N–H and O–H groups in total. The van der Waals surface area contributed by atoms with Crippen LogP contribution in [-0.4, -0.2) is 5.54 Å². The normalized spacial score (nSPS) is 13.9. The van der Waals surface area contributed by atoms with Gasteiger partial charge in [0.2, 0.25) is 0 Å². The van der Waals surface area contributed by atoms with Gasteiger partial charge < -0.3 is 4.90 Å². The van der Waals surface area contributed by atoms with Crippen LogP contribution in [0, 0.1) is 0 Å². The fourth-order valence-corrected chi connectivity index (χ4v) is 5.92. The van der Waals surface area contributed by atoms with Crippen molar-refractivity contribution in [2.24, 2.45) is 0 Å². The van der Waals surface area contributed by atoms with Crippen LogP contribution in [0.25, 0.3) is 22.3 Å². The summed E-state index contributed by atoms with van der Waals surface area (Å²) in [4.78, 5) is 2.56. The minimum atomic E-state index is -0.0986. The molecule has 34 heavy (non-hydrogen) atoms. The molecule has 0 atom stereocenters. The standard InChI is InChI=1S/C33H35N/c1-7-24-30(22-21-27-26-18-11-13-19-28(26)33(5,6)31(24)27)34(32(2,3)4)29-20-14-12-17-25(29)23-15-9-8-10-16-23/h8-22H,7H2,1-6H3. The Kier molecular flexibility index (Phi) is 5.40. The van der Waals surface area contributed by atoms with Crippen LogP contribution in [0.15, 0.2) is 91.0 Å². The van der Waals surface area contributed by atoms with Gasteiger partial charge in [-0.2, -0.15) is 0 Å². The summed E-state index contributed by atoms with van der Waals surface area (Å²) in [5.41, 5.74) is 12.1. The van der Waals surface area contributed by atoms with Crippen molar-refractivity contribution >= 4 is 11.4 Å². The molecule has 0 aromatic heterocycles. The summed E-state index contributed by atoms with van der Waals surface area (Å²) in [5.74, 6) is 0. The average molecular weight is 446 g/mol. The van der Waals surface area contributed by atoms with E-state index < -0.39 is 0 Å². The lowest BCUT2D eigenvalue weighted by Gasteiger charge is -2.41. The molecular formula is C33H35N. The number of benzene rings is 4. The van der Waals surface area contributed by atoms with Crippen molar-refractivity contribution in [3.05, 3.63) is 108 Å². The minimum Gasteiger partial charge on any atom is -0.335 e. The van der Waals surface area contributed by atoms with E-state index in [0.29, 0.717) is 0 Å². The predicted molar refractivity (Wildman–Crippen MR) is 147 cm³/mol. The van der Waals surface area contributed by atoms with Gasteiger partial charge in [0, 0.05) is 27.9 Å². The smallest absolute Gasteiger partial charge is 0.0495 e. The van der Waals surface area contributed by atoms with Crippen LogP contribution < -0.4 is 4.90 Å². The van der Waals surface area contributed by atoms with Gasteiger partial charge in [0.1, 0.15) is 0 Å². The molecule has 4 aromatic carbocycles. The van der Waals surface area contributed by atoms with Crippen molar-refractivity contribution in [3.63, 3.8) is 0 Å². The van der Waals surface area contributed by atoms with Crippen LogP contribution >= 0.6 is 0 Å². The zero-order chi connectivity index (χ0) is 24.1. The highest BCUT2D eigenvalue weighted by molar-refractivity contribution is 5.89. The molecule has 0 radical (unpaired) electrons. The molecular weight excluding hydrogens is 410 g/mol. The zero-order valence-electron chi connectivity index (χ0n) is 21.3. The van der Waals surface area contributed by atoms with E-state index in [1.54, 1.807) is 0 Å². The molecule has 0 unspecified atom stereocenters. The maximum absolute atomic E-state index is 2.56. The molecule has 0 bridgehead atoms. The van der Waals surface area contributed by atoms with Gasteiger partial charge in [-0.3, -0.25) is 0 Å². The Balaban J connectivity index is 1.78. The maximum atomic E-state index is 2.56. The zero-order valence-corrected chi connectivity index (χ0v) is 21.3. The Morgan fingerprint density at radius 1 is 0.647 bits per heavy atom. The second-order valence-corrected chi connectivity index (χ2v) is 10.9. The first kappa shape index (κ1) is 22.5. The van der Waals surface area contributed by atoms with Gasteiger partial charge >= 0.3 is 0 Å². The number of hydrogen-bond donors (Lipinski definition) is 0. The van der Waals surface area contributed by atoms with Crippen LogP contribution in [0.4, 0.5) is 11.4 Å². The Labute approximate surface area is 205 Å². The summed E-state index contributed by atoms with van der Waals surface area (Å²) >= 11 is 0. The molecule has 0 saturated heterocycles. The summed E-state index contributed by atoms with van der Waals surface area (Å²) in [7, 11) is 0. The van der Waals surface area contributed by atoms with Gasteiger partial charge in [-0.05, 0) is 72.7 Å². The van der Waals surface area contributed by atoms with E-state index in [1.807, 2.05) is 0 Å². The van der Waals surface area contributed by atoms with Crippen molar-refractivity contribution in [1.82, 2.24) is 0 Å². The van der Waals surface area contributed by atoms with Crippen LogP contribution in [0.1, 0.15) is 58.2 Å². The van der Waals surface area contributed by atoms with Crippen LogP contribution in [0.2, 0.25) is 0 Å². The fraction of sp³-hybridized carbons (Fsp3) is 0.273. The first-order valence-electron chi connectivity index (χ1n) is 12.5. The Hall–Kier alpha value is -3.32. The van der Waals surface area contributed by atoms with Gasteiger partial charge in [0.15, 0.2) is 0 Å². The number of anilines is 2. The molecule has 0 saturated carbocycles. The second kappa shape index (κ2) is 8.17. The van der Waals surface area contributed by atoms with Crippen LogP contribution in [0.3, 0.4) is 0 Å². The Bertz CT molecular complexity index is 1340. The van der Waals surface area contributed by atoms with E-state index >= 15 is 0 Å². The van der Waals surface area contributed by atoms with E-state index in [1.165, 1.54) is 50.3 Å². The topological polar surface area (TPSA) is 3.24 Å². The fourth-order valence-electron chi connectivity index (χ4n) is 5.92. The van der Waals surface area contributed by atoms with Crippen molar-refractivity contribution in [2.45, 2.75) is 58.9 Å². The molecule has 0 heterocycles. The quantitative estimate of drug-likeness (QED) is 0.303. The first-order valence-corrected chi connectivity index (χ1v) is 12.5. The average Bonchev–Trinajstić information content (AvgIpc) is 3.06. The summed E-state index contributed by atoms with van der Waals surface area (Å²) in [5, 5.41) is 0. The summed E-state index contributed by atoms with van der Waals surface area (Å²) in [6, 6.07) is 33.3. The minimum absolute atomic E-state index is 0.0181. The molecule has 0 amide bonds. The molecule has 172 valence electrons. The molecule has 1 aliphatic carbocycles. The number of para-hydroxylation sites is 1. The molecule has 0 fully saturated rings. The van der Waals surface area contributed by atoms with Gasteiger partial charge in [-0.25, -0.2) is 0 Å². The molecule has 0 spiro atoms. The maximum Gasteiger partial charge on any atom is 0.0495 e. The molecule has 1 heteroatoms. The van der Waals surface area contributed by atoms with Gasteiger partial charge in [0.05, 0.1) is 0 Å². The van der Waals surface area contributed by atoms with Crippen LogP contribution in [-0.2, 0) is 11.8 Å². The summed E-state index contributed by atoms with van der Waals surface area (Å²) in [6.45, 7) is 14.0. The second-order valence-electron chi connectivity index (χ2n) is 10.9. The molecule has 1 nitrogen and oxygen atoms in total. The van der Waals surface area contributed by atoms with E-state index in [2.05, 4.69) is 137 Å². The lowest BCUT2D eigenvalue weighted by atomic mass is 9.79. The molecule has 0 aliphatic heterocycles. The number of fused-ring (bicyclic) bond motifs is 3. The van der Waals surface area contributed by atoms with Gasteiger partial charge in [-0.15, -0.1) is 0 Å². The first-order chi connectivity index (χ1) is 16.2. The summed E-state index contributed by atoms with van der Waals surface area (Å²) < 4.78 is 0. The van der Waals surface area contributed by atoms with Crippen molar-refractivity contribution in [3.8, 4) is 22.3 Å². The molecule has 5 rings (SSSR count). The number of rotatable bonds is 4. The highest BCUT2D eigenvalue weighted by Gasteiger charge is 2.39. The number of hydrogen-bond acceptors (Lipinski definition) is 1. The van der Waals surface area contributed by atoms with E-state index in [0.717, 1.165) is 6.42 Å². The van der Waals surface area contributed by atoms with Crippen molar-refractivity contribution in [2.75, 3.05) is 4.90 Å². The van der Waals surface area contributed by atoms with Crippen LogP contribution in [0.5, 0.6) is 0 Å². The molecule has 1 aliphatic rings. The highest BCUT2D eigenvalue weighted by atomic mass is 15.2. The third kappa shape index (κ3) is 3.46. The Morgan fingerprint density at radius 2 is 1.26 bits per heavy atom. The third-order valence-electron chi connectivity index (χ3n) is 7.30. The van der Waals surface area contributed by atoms with Crippen molar-refractivity contribution in [1.29, 1.82) is 0 Å². The summed E-state index contributed by atoms with van der Waals surface area (Å²) in [6.07, 6.45) is 0.996. The van der Waals surface area contributed by atoms with Gasteiger partial charge in [-0.1, -0.05) is 99.6 Å². The van der Waals surface area contributed by atoms with E-state index in [9.17, 15) is 0 Å². The Morgan fingerprint density at radius 3 is 1.94 bits per heavy atom. The SMILES string of the molecule is CCc1c(N(c2ccccc2-c2ccccc2)C(C)(C)C)ccc2c1C(C)(C)c1ccccc1-2. The monoisotopic (exact) mass is 445 g/mol. The molecule has 4 aromatic rings. The van der Waals surface area contributed by atoms with Gasteiger partial charge in [0.25, 0.3) is 0 Å². The lowest BCUT2D eigenvalue weighted by molar-refractivity contribution is 0.557. The van der Waals surface area contributed by atoms with E-state index in [-0.39, 0.29) is 11.0 Å². The largest absolute Gasteiger partial charge is 0.335 e. The van der Waals surface area contributed by atoms with Crippen molar-refractivity contribution < 1.29 is 0 Å². The predicted octanol–water partition coefficient (Wildman–Crippen LogP) is 9.16.